The van der Waals surface area contributed by atoms with Gasteiger partial charge in [-0.1, -0.05) is 12.0 Å². The lowest BCUT2D eigenvalue weighted by molar-refractivity contribution is -0.150. The maximum absolute atomic E-state index is 12.6. The Labute approximate surface area is 168 Å². The van der Waals surface area contributed by atoms with E-state index in [1.54, 1.807) is 31.2 Å². The van der Waals surface area contributed by atoms with Crippen molar-refractivity contribution in [3.05, 3.63) is 28.7 Å². The van der Waals surface area contributed by atoms with Crippen molar-refractivity contribution < 1.29 is 28.6 Å². The summed E-state index contributed by atoms with van der Waals surface area (Å²) in [5, 5.41) is -0.518. The van der Waals surface area contributed by atoms with Crippen molar-refractivity contribution in [2.45, 2.75) is 26.8 Å². The fraction of sp³-hybridized carbons (Fsp3) is 0.350. The number of ether oxygens (including phenoxy) is 3. The Morgan fingerprint density at radius 1 is 1.25 bits per heavy atom. The minimum Gasteiger partial charge on any atom is -0.490 e. The second kappa shape index (κ2) is 9.85. The molecule has 1 atom stereocenters. The van der Waals surface area contributed by atoms with Crippen LogP contribution in [0.25, 0.3) is 6.08 Å². The summed E-state index contributed by atoms with van der Waals surface area (Å²) >= 11 is 0.770. The Kier molecular flexibility index (Phi) is 7.52. The van der Waals surface area contributed by atoms with Gasteiger partial charge in [0.25, 0.3) is 11.1 Å². The molecule has 8 heteroatoms. The molecule has 2 amide bonds. The van der Waals surface area contributed by atoms with Crippen molar-refractivity contribution in [2.75, 3.05) is 19.8 Å². The Morgan fingerprint density at radius 2 is 2.00 bits per heavy atom. The predicted octanol–water partition coefficient (Wildman–Crippen LogP) is 3.09. The van der Waals surface area contributed by atoms with Gasteiger partial charge in [0.2, 0.25) is 0 Å². The maximum Gasteiger partial charge on any atom is 0.329 e. The zero-order chi connectivity index (χ0) is 20.7. The van der Waals surface area contributed by atoms with Gasteiger partial charge in [-0.05, 0) is 56.3 Å². The molecule has 2 rings (SSSR count). The van der Waals surface area contributed by atoms with Gasteiger partial charge < -0.3 is 14.2 Å². The molecule has 28 heavy (non-hydrogen) atoms. The van der Waals surface area contributed by atoms with Gasteiger partial charge in [0, 0.05) is 0 Å². The number of rotatable bonds is 8. The number of hydrogen-bond donors (Lipinski definition) is 0. The number of carbonyl (C=O) groups is 3. The molecular formula is C20H21NO6S. The van der Waals surface area contributed by atoms with Crippen LogP contribution in [0, 0.1) is 12.3 Å². The van der Waals surface area contributed by atoms with Crippen molar-refractivity contribution in [2.24, 2.45) is 0 Å². The zero-order valence-electron chi connectivity index (χ0n) is 15.9. The van der Waals surface area contributed by atoms with Crippen LogP contribution in [-0.2, 0) is 14.3 Å². The number of carbonyl (C=O) groups excluding carboxylic acids is 3. The molecule has 0 saturated carbocycles. The highest BCUT2D eigenvalue weighted by atomic mass is 32.2. The third-order valence-electron chi connectivity index (χ3n) is 3.71. The van der Waals surface area contributed by atoms with Crippen LogP contribution in [0.1, 0.15) is 26.3 Å². The fourth-order valence-electron chi connectivity index (χ4n) is 2.45. The van der Waals surface area contributed by atoms with Crippen LogP contribution in [0.15, 0.2) is 23.1 Å². The van der Waals surface area contributed by atoms with Crippen LogP contribution >= 0.6 is 11.8 Å². The largest absolute Gasteiger partial charge is 0.490 e. The SMILES string of the molecule is C#CCOc1ccc(C=C2SC(=O)N(C(C)C(=O)OCC)C2=O)cc1OCC. The van der Waals surface area contributed by atoms with Crippen LogP contribution in [0.3, 0.4) is 0 Å². The van der Waals surface area contributed by atoms with Crippen LogP contribution in [0.4, 0.5) is 4.79 Å². The molecule has 0 N–H and O–H groups in total. The second-order valence-corrected chi connectivity index (χ2v) is 6.60. The molecule has 1 heterocycles. The van der Waals surface area contributed by atoms with Crippen molar-refractivity contribution >= 4 is 35.0 Å². The van der Waals surface area contributed by atoms with E-state index in [1.165, 1.54) is 6.92 Å². The van der Waals surface area contributed by atoms with E-state index in [4.69, 9.17) is 20.6 Å². The van der Waals surface area contributed by atoms with Gasteiger partial charge in [0.05, 0.1) is 18.1 Å². The Hall–Kier alpha value is -2.92. The first-order valence-corrected chi connectivity index (χ1v) is 9.51. The van der Waals surface area contributed by atoms with Crippen LogP contribution in [-0.4, -0.2) is 47.9 Å². The summed E-state index contributed by atoms with van der Waals surface area (Å²) in [7, 11) is 0. The van der Waals surface area contributed by atoms with E-state index in [1.807, 2.05) is 6.92 Å². The van der Waals surface area contributed by atoms with Crippen molar-refractivity contribution in [1.29, 1.82) is 0 Å². The van der Waals surface area contributed by atoms with E-state index in [0.29, 0.717) is 23.7 Å². The average molecular weight is 403 g/mol. The van der Waals surface area contributed by atoms with Crippen LogP contribution in [0.5, 0.6) is 11.5 Å². The molecule has 1 fully saturated rings. The Balaban J connectivity index is 2.26. The van der Waals surface area contributed by atoms with Gasteiger partial charge >= 0.3 is 5.97 Å². The fourth-order valence-corrected chi connectivity index (χ4v) is 3.36. The number of benzene rings is 1. The summed E-state index contributed by atoms with van der Waals surface area (Å²) < 4.78 is 15.9. The summed E-state index contributed by atoms with van der Waals surface area (Å²) in [6, 6.07) is 4.10. The topological polar surface area (TPSA) is 82.1 Å². The smallest absolute Gasteiger partial charge is 0.329 e. The molecule has 1 aromatic rings. The molecular weight excluding hydrogens is 382 g/mol. The Bertz CT molecular complexity index is 842. The van der Waals surface area contributed by atoms with Gasteiger partial charge in [-0.2, -0.15) is 0 Å². The van der Waals surface area contributed by atoms with Gasteiger partial charge in [-0.25, -0.2) is 4.79 Å². The second-order valence-electron chi connectivity index (χ2n) is 5.61. The predicted molar refractivity (Wildman–Crippen MR) is 106 cm³/mol. The van der Waals surface area contributed by atoms with Gasteiger partial charge in [0.1, 0.15) is 12.6 Å². The summed E-state index contributed by atoms with van der Waals surface area (Å²) in [4.78, 5) is 37.9. The maximum atomic E-state index is 12.6. The van der Waals surface area contributed by atoms with Gasteiger partial charge in [0.15, 0.2) is 11.5 Å². The molecule has 7 nitrogen and oxygen atoms in total. The van der Waals surface area contributed by atoms with Crippen molar-refractivity contribution in [3.63, 3.8) is 0 Å². The Morgan fingerprint density at radius 3 is 2.64 bits per heavy atom. The van der Waals surface area contributed by atoms with E-state index in [2.05, 4.69) is 5.92 Å². The number of imide groups is 1. The first kappa shape index (κ1) is 21.4. The molecule has 1 unspecified atom stereocenters. The van der Waals surface area contributed by atoms with E-state index in [9.17, 15) is 14.4 Å². The molecule has 0 aromatic heterocycles. The van der Waals surface area contributed by atoms with Crippen LogP contribution < -0.4 is 9.47 Å². The van der Waals surface area contributed by atoms with Crippen molar-refractivity contribution in [1.82, 2.24) is 4.90 Å². The molecule has 0 spiro atoms. The van der Waals surface area contributed by atoms with Gasteiger partial charge in [-0.15, -0.1) is 6.42 Å². The summed E-state index contributed by atoms with van der Waals surface area (Å²) in [6.07, 6.45) is 6.78. The highest BCUT2D eigenvalue weighted by molar-refractivity contribution is 8.18. The molecule has 1 aliphatic rings. The molecule has 1 aliphatic heterocycles. The standard InChI is InChI=1S/C20H21NO6S/c1-5-10-27-15-9-8-14(11-16(15)25-6-2)12-17-18(22)21(20(24)28-17)13(4)19(23)26-7-3/h1,8-9,11-13H,6-7,10H2,2-4H3. The third kappa shape index (κ3) is 4.87. The van der Waals surface area contributed by atoms with Gasteiger partial charge in [-0.3, -0.25) is 14.5 Å². The number of amides is 2. The van der Waals surface area contributed by atoms with E-state index in [-0.39, 0.29) is 18.1 Å². The normalized spacial score (nSPS) is 16.1. The average Bonchev–Trinajstić information content (AvgIpc) is 2.94. The number of esters is 1. The lowest BCUT2D eigenvalue weighted by atomic mass is 10.1. The highest BCUT2D eigenvalue weighted by Crippen LogP contribution is 2.35. The zero-order valence-corrected chi connectivity index (χ0v) is 16.7. The minimum absolute atomic E-state index is 0.101. The molecule has 0 bridgehead atoms. The molecule has 148 valence electrons. The minimum atomic E-state index is -0.989. The van der Waals surface area contributed by atoms with Crippen LogP contribution in [0.2, 0.25) is 0 Å². The third-order valence-corrected chi connectivity index (χ3v) is 4.60. The monoisotopic (exact) mass is 403 g/mol. The number of thioether (sulfide) groups is 1. The quantitative estimate of drug-likeness (QED) is 0.375. The van der Waals surface area contributed by atoms with E-state index >= 15 is 0 Å². The molecule has 1 saturated heterocycles. The number of terminal acetylenes is 1. The molecule has 0 aliphatic carbocycles. The number of hydrogen-bond acceptors (Lipinski definition) is 7. The van der Waals surface area contributed by atoms with E-state index < -0.39 is 23.2 Å². The lowest BCUT2D eigenvalue weighted by Gasteiger charge is -2.19. The molecule has 1 aromatic carbocycles. The highest BCUT2D eigenvalue weighted by Gasteiger charge is 2.41. The first-order valence-electron chi connectivity index (χ1n) is 8.69. The lowest BCUT2D eigenvalue weighted by Crippen LogP contribution is -2.42. The summed E-state index contributed by atoms with van der Waals surface area (Å²) in [5.41, 5.74) is 0.644. The van der Waals surface area contributed by atoms with E-state index in [0.717, 1.165) is 16.7 Å². The number of nitrogens with zero attached hydrogens (tertiary/aromatic N) is 1. The first-order chi connectivity index (χ1) is 13.4. The summed E-state index contributed by atoms with van der Waals surface area (Å²) in [6.45, 7) is 5.64. The summed E-state index contributed by atoms with van der Waals surface area (Å²) in [5.74, 6) is 2.18. The molecule has 0 radical (unpaired) electrons. The van der Waals surface area contributed by atoms with Crippen molar-refractivity contribution in [3.8, 4) is 23.8 Å².